The Morgan fingerprint density at radius 3 is 1.88 bits per heavy atom. The molecule has 1 aromatic rings. The van der Waals surface area contributed by atoms with E-state index in [0.717, 1.165) is 12.4 Å². The smallest absolute Gasteiger partial charge is 0.434 e. The number of rotatable bonds is 2. The Bertz CT molecular complexity index is 376. The predicted molar refractivity (Wildman–Crippen MR) is 43.0 cm³/mol. The number of aromatic nitrogens is 2. The highest BCUT2D eigenvalue weighted by molar-refractivity contribution is 5.38. The molecule has 0 aliphatic carbocycles. The van der Waals surface area contributed by atoms with Gasteiger partial charge in [-0.3, -0.25) is 0 Å². The van der Waals surface area contributed by atoms with Crippen LogP contribution in [-0.4, -0.2) is 28.4 Å². The number of hydrogen-bond donors (Lipinski definition) is 1. The summed E-state index contributed by atoms with van der Waals surface area (Å²) >= 11 is 0. The van der Waals surface area contributed by atoms with Gasteiger partial charge in [-0.15, -0.1) is 0 Å². The maximum Gasteiger partial charge on any atom is 0.434 e. The first-order valence-electron chi connectivity index (χ1n) is 3.99. The highest BCUT2D eigenvalue weighted by Crippen LogP contribution is 2.36. The van der Waals surface area contributed by atoms with Gasteiger partial charge in [-0.05, 0) is 0 Å². The van der Waals surface area contributed by atoms with Crippen molar-refractivity contribution in [3.63, 3.8) is 0 Å². The van der Waals surface area contributed by atoms with Gasteiger partial charge in [0, 0.05) is 12.4 Å². The molecule has 0 amide bonds. The van der Waals surface area contributed by atoms with Gasteiger partial charge in [-0.1, -0.05) is 0 Å². The Morgan fingerprint density at radius 2 is 1.47 bits per heavy atom. The minimum Gasteiger partial charge on any atom is -0.452 e. The average Bonchev–Trinajstić information content (AvgIpc) is 2.12. The molecule has 1 rings (SSSR count). The molecule has 0 spiro atoms. The van der Waals surface area contributed by atoms with Crippen LogP contribution in [0.2, 0.25) is 0 Å². The SMILES string of the molecule is Nc1nccnc1OC(C(F)(F)F)C(F)(F)F. The van der Waals surface area contributed by atoms with Crippen LogP contribution < -0.4 is 10.5 Å². The Hall–Kier alpha value is -1.74. The fourth-order valence-corrected chi connectivity index (χ4v) is 0.858. The lowest BCUT2D eigenvalue weighted by Crippen LogP contribution is -2.46. The number of nitrogens with two attached hydrogens (primary N) is 1. The third-order valence-electron chi connectivity index (χ3n) is 1.52. The Kier molecular flexibility index (Phi) is 3.34. The molecule has 0 atom stereocenters. The number of nitrogens with zero attached hydrogens (tertiary/aromatic N) is 2. The van der Waals surface area contributed by atoms with E-state index >= 15 is 0 Å². The van der Waals surface area contributed by atoms with E-state index in [1.165, 1.54) is 0 Å². The minimum atomic E-state index is -5.62. The van der Waals surface area contributed by atoms with E-state index in [4.69, 9.17) is 5.73 Å². The van der Waals surface area contributed by atoms with Crippen molar-refractivity contribution in [2.24, 2.45) is 0 Å². The maximum absolute atomic E-state index is 12.1. The van der Waals surface area contributed by atoms with Gasteiger partial charge in [0.05, 0.1) is 0 Å². The van der Waals surface area contributed by atoms with Crippen molar-refractivity contribution in [3.8, 4) is 5.88 Å². The fourth-order valence-electron chi connectivity index (χ4n) is 0.858. The molecule has 0 unspecified atom stereocenters. The summed E-state index contributed by atoms with van der Waals surface area (Å²) in [6.07, 6.45) is -13.4. The molecule has 1 aromatic heterocycles. The molecule has 0 fully saturated rings. The van der Waals surface area contributed by atoms with Crippen LogP contribution >= 0.6 is 0 Å². The minimum absolute atomic E-state index is 0.661. The van der Waals surface area contributed by atoms with Gasteiger partial charge in [0.1, 0.15) is 0 Å². The summed E-state index contributed by atoms with van der Waals surface area (Å²) in [6, 6.07) is 0. The second-order valence-electron chi connectivity index (χ2n) is 2.83. The Balaban J connectivity index is 3.00. The summed E-state index contributed by atoms with van der Waals surface area (Å²) in [4.78, 5) is 6.39. The van der Waals surface area contributed by atoms with Crippen molar-refractivity contribution in [3.05, 3.63) is 12.4 Å². The zero-order chi connectivity index (χ0) is 13.3. The lowest BCUT2D eigenvalue weighted by molar-refractivity contribution is -0.300. The molecule has 0 aliphatic rings. The van der Waals surface area contributed by atoms with Crippen molar-refractivity contribution < 1.29 is 31.1 Å². The van der Waals surface area contributed by atoms with Gasteiger partial charge in [0.15, 0.2) is 5.82 Å². The maximum atomic E-state index is 12.1. The zero-order valence-electron chi connectivity index (χ0n) is 7.88. The van der Waals surface area contributed by atoms with Gasteiger partial charge in [0.25, 0.3) is 12.0 Å². The summed E-state index contributed by atoms with van der Waals surface area (Å²) in [5.41, 5.74) is 5.02. The first-order chi connectivity index (χ1) is 7.62. The average molecular weight is 261 g/mol. The zero-order valence-corrected chi connectivity index (χ0v) is 7.88. The van der Waals surface area contributed by atoms with Gasteiger partial charge in [-0.25, -0.2) is 9.97 Å². The molecular weight excluding hydrogens is 256 g/mol. The molecule has 4 nitrogen and oxygen atoms in total. The summed E-state index contributed by atoms with van der Waals surface area (Å²) in [5, 5.41) is 0. The number of alkyl halides is 6. The molecule has 0 bridgehead atoms. The summed E-state index contributed by atoms with van der Waals surface area (Å²) in [6.45, 7) is 0. The van der Waals surface area contributed by atoms with Crippen LogP contribution in [0.4, 0.5) is 32.2 Å². The molecule has 96 valence electrons. The first kappa shape index (κ1) is 13.3. The van der Waals surface area contributed by atoms with E-state index in [9.17, 15) is 26.3 Å². The molecular formula is C7H5F6N3O. The highest BCUT2D eigenvalue weighted by Gasteiger charge is 2.59. The number of hydrogen-bond acceptors (Lipinski definition) is 4. The van der Waals surface area contributed by atoms with Crippen LogP contribution in [0.5, 0.6) is 5.88 Å². The van der Waals surface area contributed by atoms with E-state index in [1.54, 1.807) is 0 Å². The van der Waals surface area contributed by atoms with Crippen LogP contribution in [0.15, 0.2) is 12.4 Å². The number of anilines is 1. The van der Waals surface area contributed by atoms with Crippen molar-refractivity contribution >= 4 is 5.82 Å². The van der Waals surface area contributed by atoms with E-state index in [1.807, 2.05) is 0 Å². The summed E-state index contributed by atoms with van der Waals surface area (Å²) in [5.74, 6) is -1.68. The van der Waals surface area contributed by atoms with E-state index in [0.29, 0.717) is 0 Å². The summed E-state index contributed by atoms with van der Waals surface area (Å²) in [7, 11) is 0. The van der Waals surface area contributed by atoms with Crippen LogP contribution in [0, 0.1) is 0 Å². The lowest BCUT2D eigenvalue weighted by Gasteiger charge is -2.23. The first-order valence-corrected chi connectivity index (χ1v) is 3.99. The van der Waals surface area contributed by atoms with E-state index in [2.05, 4.69) is 14.7 Å². The standard InChI is InChI=1S/C7H5F6N3O/c8-6(9,10)5(7(11,12)13)17-4-3(14)15-1-2-16-4/h1-2,5H,(H2,14,15). The Morgan fingerprint density at radius 1 is 1.00 bits per heavy atom. The van der Waals surface area contributed by atoms with E-state index < -0.39 is 30.2 Å². The van der Waals surface area contributed by atoms with Gasteiger partial charge < -0.3 is 10.5 Å². The van der Waals surface area contributed by atoms with Gasteiger partial charge >= 0.3 is 12.4 Å². The van der Waals surface area contributed by atoms with Crippen molar-refractivity contribution in [1.29, 1.82) is 0 Å². The quantitative estimate of drug-likeness (QED) is 0.826. The van der Waals surface area contributed by atoms with Crippen molar-refractivity contribution in [1.82, 2.24) is 9.97 Å². The fraction of sp³-hybridized carbons (Fsp3) is 0.429. The molecule has 0 radical (unpaired) electrons. The lowest BCUT2D eigenvalue weighted by atomic mass is 10.3. The Labute approximate surface area is 90.4 Å². The largest absolute Gasteiger partial charge is 0.452 e. The van der Waals surface area contributed by atoms with Crippen LogP contribution in [0.25, 0.3) is 0 Å². The van der Waals surface area contributed by atoms with E-state index in [-0.39, 0.29) is 0 Å². The molecule has 0 aliphatic heterocycles. The van der Waals surface area contributed by atoms with Gasteiger partial charge in [-0.2, -0.15) is 26.3 Å². The molecule has 0 saturated carbocycles. The van der Waals surface area contributed by atoms with Crippen LogP contribution in [0.3, 0.4) is 0 Å². The topological polar surface area (TPSA) is 61.0 Å². The van der Waals surface area contributed by atoms with Gasteiger partial charge in [0.2, 0.25) is 0 Å². The number of nitrogen functional groups attached to an aromatic ring is 1. The van der Waals surface area contributed by atoms with Crippen LogP contribution in [-0.2, 0) is 0 Å². The molecule has 17 heavy (non-hydrogen) atoms. The third-order valence-corrected chi connectivity index (χ3v) is 1.52. The normalized spacial score (nSPS) is 12.9. The third kappa shape index (κ3) is 3.36. The second-order valence-corrected chi connectivity index (χ2v) is 2.83. The second kappa shape index (κ2) is 4.26. The molecule has 0 saturated heterocycles. The summed E-state index contributed by atoms with van der Waals surface area (Å²) < 4.78 is 76.3. The highest BCUT2D eigenvalue weighted by atomic mass is 19.4. The predicted octanol–water partition coefficient (Wildman–Crippen LogP) is 1.93. The number of ether oxygens (including phenoxy) is 1. The van der Waals surface area contributed by atoms with Crippen molar-refractivity contribution in [2.45, 2.75) is 18.5 Å². The molecule has 1 heterocycles. The van der Waals surface area contributed by atoms with Crippen molar-refractivity contribution in [2.75, 3.05) is 5.73 Å². The number of halogens is 6. The van der Waals surface area contributed by atoms with Crippen LogP contribution in [0.1, 0.15) is 0 Å². The molecule has 10 heteroatoms. The molecule has 0 aromatic carbocycles. The molecule has 2 N–H and O–H groups in total. The monoisotopic (exact) mass is 261 g/mol.